The third-order valence-corrected chi connectivity index (χ3v) is 8.13. The Hall–Kier alpha value is -3.36. The Kier molecular flexibility index (Phi) is 8.97. The number of pyridine rings is 2. The van der Waals surface area contributed by atoms with Gasteiger partial charge < -0.3 is 9.64 Å². The summed E-state index contributed by atoms with van der Waals surface area (Å²) in [6.07, 6.45) is 6.00. The van der Waals surface area contributed by atoms with Crippen LogP contribution in [0.5, 0.6) is 5.88 Å². The van der Waals surface area contributed by atoms with Crippen molar-refractivity contribution in [3.8, 4) is 11.9 Å². The molecule has 0 aliphatic carbocycles. The Balaban J connectivity index is 1.60. The van der Waals surface area contributed by atoms with Gasteiger partial charge in [-0.1, -0.05) is 13.8 Å². The molecule has 4 heterocycles. The normalized spacial score (nSPS) is 17.0. The highest BCUT2D eigenvalue weighted by Gasteiger charge is 2.37. The second-order valence-electron chi connectivity index (χ2n) is 10.7. The number of fused-ring (bicyclic) bond motifs is 1. The second kappa shape index (κ2) is 12.2. The number of ether oxygens (including phenoxy) is 1. The molecule has 0 unspecified atom stereocenters. The first-order chi connectivity index (χ1) is 18.7. The fourth-order valence-electron chi connectivity index (χ4n) is 5.01. The lowest BCUT2D eigenvalue weighted by Gasteiger charge is -2.39. The fourth-order valence-corrected chi connectivity index (χ4v) is 5.44. The van der Waals surface area contributed by atoms with E-state index in [1.165, 1.54) is 6.20 Å². The number of amides is 3. The van der Waals surface area contributed by atoms with Gasteiger partial charge in [0.15, 0.2) is 0 Å². The minimum atomic E-state index is -0.337. The maximum absolute atomic E-state index is 13.5. The molecule has 2 aromatic rings. The van der Waals surface area contributed by atoms with Crippen LogP contribution < -0.4 is 15.0 Å². The van der Waals surface area contributed by atoms with Crippen LogP contribution in [0, 0.1) is 11.3 Å². The van der Waals surface area contributed by atoms with Crippen molar-refractivity contribution in [3.05, 3.63) is 40.6 Å². The zero-order valence-electron chi connectivity index (χ0n) is 23.4. The van der Waals surface area contributed by atoms with Crippen LogP contribution in [-0.4, -0.2) is 84.1 Å². The van der Waals surface area contributed by atoms with Gasteiger partial charge in [-0.25, -0.2) is 9.78 Å². The SMILES string of the molecule is COc1nc2c(cc1CN1CCN(C)CC1=O)C(C)(C)CCN2C(=O)Nc1cc(CCCSC)c(C#N)cn1. The Bertz CT molecular complexity index is 1280. The molecule has 39 heavy (non-hydrogen) atoms. The van der Waals surface area contributed by atoms with Crippen LogP contribution in [0.1, 0.15) is 48.9 Å². The predicted octanol–water partition coefficient (Wildman–Crippen LogP) is 3.65. The van der Waals surface area contributed by atoms with Gasteiger partial charge in [-0.15, -0.1) is 0 Å². The number of anilines is 2. The molecule has 2 aliphatic heterocycles. The number of hydrogen-bond donors (Lipinski definition) is 1. The van der Waals surface area contributed by atoms with E-state index < -0.39 is 0 Å². The number of rotatable bonds is 8. The van der Waals surface area contributed by atoms with Crippen LogP contribution in [0.4, 0.5) is 16.4 Å². The highest BCUT2D eigenvalue weighted by molar-refractivity contribution is 7.98. The molecule has 10 nitrogen and oxygen atoms in total. The summed E-state index contributed by atoms with van der Waals surface area (Å²) in [6, 6.07) is 5.68. The van der Waals surface area contributed by atoms with Crippen LogP contribution in [-0.2, 0) is 23.2 Å². The highest BCUT2D eigenvalue weighted by atomic mass is 32.2. The van der Waals surface area contributed by atoms with Crippen LogP contribution >= 0.6 is 11.8 Å². The minimum Gasteiger partial charge on any atom is -0.481 e. The highest BCUT2D eigenvalue weighted by Crippen LogP contribution is 2.41. The summed E-state index contributed by atoms with van der Waals surface area (Å²) in [5.74, 6) is 2.42. The predicted molar refractivity (Wildman–Crippen MR) is 153 cm³/mol. The first-order valence-corrected chi connectivity index (χ1v) is 14.6. The van der Waals surface area contributed by atoms with Crippen molar-refractivity contribution in [2.24, 2.45) is 0 Å². The topological polar surface area (TPSA) is 115 Å². The van der Waals surface area contributed by atoms with E-state index >= 15 is 0 Å². The maximum atomic E-state index is 13.5. The van der Waals surface area contributed by atoms with Crippen molar-refractivity contribution >= 4 is 35.3 Å². The number of aromatic nitrogens is 2. The summed E-state index contributed by atoms with van der Waals surface area (Å²) in [5.41, 5.74) is 2.94. The van der Waals surface area contributed by atoms with Gasteiger partial charge in [0.1, 0.15) is 17.7 Å². The maximum Gasteiger partial charge on any atom is 0.328 e. The third-order valence-electron chi connectivity index (χ3n) is 7.44. The molecule has 4 rings (SSSR count). The van der Waals surface area contributed by atoms with Gasteiger partial charge in [0.25, 0.3) is 0 Å². The summed E-state index contributed by atoms with van der Waals surface area (Å²) in [7, 11) is 3.50. The average Bonchev–Trinajstić information content (AvgIpc) is 2.90. The average molecular weight is 552 g/mol. The van der Waals surface area contributed by atoms with E-state index in [1.807, 2.05) is 22.9 Å². The molecule has 1 N–H and O–H groups in total. The van der Waals surface area contributed by atoms with Crippen molar-refractivity contribution in [2.75, 3.05) is 62.6 Å². The number of nitrogens with one attached hydrogen (secondary N) is 1. The molecule has 2 aromatic heterocycles. The second-order valence-corrected chi connectivity index (χ2v) is 11.7. The number of nitriles is 1. The standard InChI is InChI=1S/C28H37N7O3S/c1-28(2)8-9-35(27(37)31-23-14-19(7-6-12-39-5)21(15-29)16-30-23)25-22(28)13-20(26(32-25)38-4)17-34-11-10-33(3)18-24(34)36/h13-14,16H,6-12,17-18H2,1-5H3,(H,30,31,37). The number of urea groups is 1. The number of carbonyl (C=O) groups is 2. The van der Waals surface area contributed by atoms with E-state index in [1.54, 1.807) is 29.8 Å². The monoisotopic (exact) mass is 551 g/mol. The summed E-state index contributed by atoms with van der Waals surface area (Å²) < 4.78 is 5.65. The molecule has 3 amide bonds. The number of carbonyl (C=O) groups excluding carboxylic acids is 2. The van der Waals surface area contributed by atoms with Crippen molar-refractivity contribution in [2.45, 2.75) is 45.1 Å². The van der Waals surface area contributed by atoms with Crippen LogP contribution in [0.3, 0.4) is 0 Å². The number of nitrogens with zero attached hydrogens (tertiary/aromatic N) is 6. The molecule has 0 spiro atoms. The molecule has 0 atom stereocenters. The summed E-state index contributed by atoms with van der Waals surface area (Å²) >= 11 is 1.76. The molecular formula is C28H37N7O3S. The number of hydrogen-bond acceptors (Lipinski definition) is 8. The van der Waals surface area contributed by atoms with Crippen LogP contribution in [0.2, 0.25) is 0 Å². The molecule has 2 aliphatic rings. The zero-order valence-corrected chi connectivity index (χ0v) is 24.2. The third kappa shape index (κ3) is 6.45. The summed E-state index contributed by atoms with van der Waals surface area (Å²) in [5, 5.41) is 12.4. The van der Waals surface area contributed by atoms with E-state index in [4.69, 9.17) is 9.72 Å². The lowest BCUT2D eigenvalue weighted by Crippen LogP contribution is -2.48. The Labute approximate surface area is 234 Å². The molecule has 11 heteroatoms. The Morgan fingerprint density at radius 2 is 2.05 bits per heavy atom. The minimum absolute atomic E-state index is 0.0755. The summed E-state index contributed by atoms with van der Waals surface area (Å²) in [4.78, 5) is 40.7. The molecule has 1 fully saturated rings. The van der Waals surface area contributed by atoms with Crippen LogP contribution in [0.25, 0.3) is 0 Å². The molecule has 0 saturated carbocycles. The van der Waals surface area contributed by atoms with Gasteiger partial charge in [0.2, 0.25) is 11.8 Å². The summed E-state index contributed by atoms with van der Waals surface area (Å²) in [6.45, 7) is 7.02. The van der Waals surface area contributed by atoms with E-state index in [2.05, 4.69) is 36.5 Å². The van der Waals surface area contributed by atoms with E-state index in [9.17, 15) is 14.9 Å². The molecule has 1 saturated heterocycles. The smallest absolute Gasteiger partial charge is 0.328 e. The molecule has 0 aromatic carbocycles. The van der Waals surface area contributed by atoms with Crippen molar-refractivity contribution in [1.82, 2.24) is 19.8 Å². The van der Waals surface area contributed by atoms with Gasteiger partial charge in [-0.2, -0.15) is 22.0 Å². The molecule has 0 bridgehead atoms. The Morgan fingerprint density at radius 1 is 1.26 bits per heavy atom. The van der Waals surface area contributed by atoms with E-state index in [0.29, 0.717) is 49.3 Å². The van der Waals surface area contributed by atoms with Gasteiger partial charge in [-0.05, 0) is 61.4 Å². The van der Waals surface area contributed by atoms with Crippen molar-refractivity contribution in [1.29, 1.82) is 5.26 Å². The first-order valence-electron chi connectivity index (χ1n) is 13.2. The number of likely N-dealkylation sites (N-methyl/N-ethyl adjacent to an activating group) is 1. The number of thioether (sulfide) groups is 1. The lowest BCUT2D eigenvalue weighted by molar-refractivity contribution is -0.136. The quantitative estimate of drug-likeness (QED) is 0.495. The largest absolute Gasteiger partial charge is 0.481 e. The number of methoxy groups -OCH3 is 1. The van der Waals surface area contributed by atoms with E-state index in [-0.39, 0.29) is 17.4 Å². The van der Waals surface area contributed by atoms with Gasteiger partial charge in [-0.3, -0.25) is 19.9 Å². The number of piperazine rings is 1. The molecule has 208 valence electrons. The van der Waals surface area contributed by atoms with Gasteiger partial charge >= 0.3 is 6.03 Å². The first kappa shape index (κ1) is 28.6. The number of aryl methyl sites for hydroxylation is 1. The fraction of sp³-hybridized carbons (Fsp3) is 0.536. The van der Waals surface area contributed by atoms with Gasteiger partial charge in [0, 0.05) is 37.0 Å². The Morgan fingerprint density at radius 3 is 2.74 bits per heavy atom. The molecule has 0 radical (unpaired) electrons. The van der Waals surface area contributed by atoms with Crippen molar-refractivity contribution in [3.63, 3.8) is 0 Å². The van der Waals surface area contributed by atoms with Crippen molar-refractivity contribution < 1.29 is 14.3 Å². The molecular weight excluding hydrogens is 514 g/mol. The lowest BCUT2D eigenvalue weighted by atomic mass is 9.78. The zero-order chi connectivity index (χ0) is 28.2. The van der Waals surface area contributed by atoms with Crippen LogP contribution in [0.15, 0.2) is 18.3 Å². The van der Waals surface area contributed by atoms with Gasteiger partial charge in [0.05, 0.1) is 25.8 Å². The van der Waals surface area contributed by atoms with E-state index in [0.717, 1.165) is 48.3 Å².